The standard InChI is InChI=1S/C20H28N8O/c1-4-21-20(22-11-19-24-15-7-5-6-8-16(15)27(19)2)23-14-9-10-18-25-17(13-29-3)26-28(18)12-14/h5-8,14H,4,9-13H2,1-3H3,(H2,21,22,23). The summed E-state index contributed by atoms with van der Waals surface area (Å²) in [5.41, 5.74) is 2.12. The van der Waals surface area contributed by atoms with Gasteiger partial charge in [0.25, 0.3) is 0 Å². The van der Waals surface area contributed by atoms with E-state index in [1.54, 1.807) is 7.11 Å². The van der Waals surface area contributed by atoms with Gasteiger partial charge in [0.05, 0.1) is 17.6 Å². The minimum absolute atomic E-state index is 0.248. The second-order valence-electron chi connectivity index (χ2n) is 7.21. The number of nitrogens with zero attached hydrogens (tertiary/aromatic N) is 6. The zero-order chi connectivity index (χ0) is 20.2. The quantitative estimate of drug-likeness (QED) is 0.483. The number of rotatable bonds is 6. The van der Waals surface area contributed by atoms with Gasteiger partial charge >= 0.3 is 0 Å². The van der Waals surface area contributed by atoms with E-state index < -0.39 is 0 Å². The van der Waals surface area contributed by atoms with Gasteiger partial charge in [-0.25, -0.2) is 19.6 Å². The Kier molecular flexibility index (Phi) is 5.75. The third-order valence-corrected chi connectivity index (χ3v) is 5.12. The van der Waals surface area contributed by atoms with Crippen LogP contribution in [0.15, 0.2) is 29.3 Å². The summed E-state index contributed by atoms with van der Waals surface area (Å²) in [6.07, 6.45) is 1.88. The maximum Gasteiger partial charge on any atom is 0.191 e. The van der Waals surface area contributed by atoms with Crippen molar-refractivity contribution in [1.29, 1.82) is 0 Å². The summed E-state index contributed by atoms with van der Waals surface area (Å²) >= 11 is 0. The number of guanidine groups is 1. The molecule has 0 aliphatic carbocycles. The molecule has 0 amide bonds. The fourth-order valence-corrected chi connectivity index (χ4v) is 3.67. The zero-order valence-corrected chi connectivity index (χ0v) is 17.2. The number of ether oxygens (including phenoxy) is 1. The Morgan fingerprint density at radius 3 is 2.97 bits per heavy atom. The molecular weight excluding hydrogens is 368 g/mol. The molecule has 0 spiro atoms. The van der Waals surface area contributed by atoms with Crippen molar-refractivity contribution in [2.75, 3.05) is 13.7 Å². The van der Waals surface area contributed by atoms with Crippen molar-refractivity contribution >= 4 is 17.0 Å². The van der Waals surface area contributed by atoms with E-state index in [0.717, 1.165) is 60.4 Å². The van der Waals surface area contributed by atoms with E-state index in [2.05, 4.69) is 38.3 Å². The van der Waals surface area contributed by atoms with Crippen molar-refractivity contribution in [1.82, 2.24) is 34.9 Å². The average molecular weight is 396 g/mol. The van der Waals surface area contributed by atoms with E-state index in [1.165, 1.54) is 0 Å². The first-order chi connectivity index (χ1) is 14.2. The number of para-hydroxylation sites is 2. The number of nitrogens with one attached hydrogen (secondary N) is 2. The Bertz CT molecular complexity index is 1010. The Labute approximate surface area is 170 Å². The van der Waals surface area contributed by atoms with Crippen molar-refractivity contribution in [2.45, 2.75) is 45.5 Å². The van der Waals surface area contributed by atoms with Crippen LogP contribution in [0, 0.1) is 0 Å². The molecular formula is C20H28N8O. The number of benzene rings is 1. The monoisotopic (exact) mass is 396 g/mol. The Balaban J connectivity index is 1.45. The molecule has 29 heavy (non-hydrogen) atoms. The number of fused-ring (bicyclic) bond motifs is 2. The highest BCUT2D eigenvalue weighted by molar-refractivity contribution is 5.80. The third kappa shape index (κ3) is 4.24. The molecule has 1 aliphatic rings. The molecule has 0 fully saturated rings. The molecule has 1 unspecified atom stereocenters. The van der Waals surface area contributed by atoms with Gasteiger partial charge in [0.2, 0.25) is 0 Å². The van der Waals surface area contributed by atoms with Crippen molar-refractivity contribution in [3.05, 3.63) is 41.7 Å². The SMILES string of the molecule is CCNC(=NCc1nc2ccccc2n1C)NC1CCc2nc(COC)nn2C1. The van der Waals surface area contributed by atoms with Crippen molar-refractivity contribution in [2.24, 2.45) is 12.0 Å². The second kappa shape index (κ2) is 8.60. The number of imidazole rings is 1. The molecule has 2 aromatic heterocycles. The zero-order valence-electron chi connectivity index (χ0n) is 17.2. The first kappa shape index (κ1) is 19.4. The number of hydrogen-bond donors (Lipinski definition) is 2. The molecule has 154 valence electrons. The van der Waals surface area contributed by atoms with E-state index in [0.29, 0.717) is 13.2 Å². The van der Waals surface area contributed by atoms with E-state index in [-0.39, 0.29) is 6.04 Å². The molecule has 1 aliphatic heterocycles. The van der Waals surface area contributed by atoms with Gasteiger partial charge in [-0.05, 0) is 25.5 Å². The van der Waals surface area contributed by atoms with Crippen LogP contribution in [0.25, 0.3) is 11.0 Å². The Morgan fingerprint density at radius 2 is 2.17 bits per heavy atom. The predicted octanol–water partition coefficient (Wildman–Crippen LogP) is 1.38. The second-order valence-corrected chi connectivity index (χ2v) is 7.21. The number of aliphatic imine (C=N–C) groups is 1. The Morgan fingerprint density at radius 1 is 1.31 bits per heavy atom. The largest absolute Gasteiger partial charge is 0.377 e. The predicted molar refractivity (Wildman–Crippen MR) is 112 cm³/mol. The molecule has 2 N–H and O–H groups in total. The Hall–Kier alpha value is -2.94. The van der Waals surface area contributed by atoms with E-state index in [1.807, 2.05) is 29.9 Å². The molecule has 9 nitrogen and oxygen atoms in total. The number of aryl methyl sites for hydroxylation is 2. The van der Waals surface area contributed by atoms with E-state index in [4.69, 9.17) is 14.7 Å². The normalized spacial score (nSPS) is 16.8. The summed E-state index contributed by atoms with van der Waals surface area (Å²) in [5.74, 6) is 3.50. The molecule has 1 aromatic carbocycles. The highest BCUT2D eigenvalue weighted by Gasteiger charge is 2.22. The first-order valence-electron chi connectivity index (χ1n) is 10.0. The lowest BCUT2D eigenvalue weighted by Gasteiger charge is -2.25. The fraction of sp³-hybridized carbons (Fsp3) is 0.500. The topological polar surface area (TPSA) is 94.2 Å². The van der Waals surface area contributed by atoms with Gasteiger partial charge in [-0.1, -0.05) is 12.1 Å². The maximum atomic E-state index is 5.14. The lowest BCUT2D eigenvalue weighted by molar-refractivity contribution is 0.177. The summed E-state index contributed by atoms with van der Waals surface area (Å²) in [7, 11) is 3.69. The van der Waals surface area contributed by atoms with Gasteiger partial charge in [0, 0.05) is 33.2 Å². The lowest BCUT2D eigenvalue weighted by atomic mass is 10.1. The molecule has 3 heterocycles. The minimum Gasteiger partial charge on any atom is -0.377 e. The summed E-state index contributed by atoms with van der Waals surface area (Å²) in [6, 6.07) is 8.39. The molecule has 9 heteroatoms. The van der Waals surface area contributed by atoms with Gasteiger partial charge in [-0.3, -0.25) is 0 Å². The van der Waals surface area contributed by atoms with Crippen LogP contribution in [-0.2, 0) is 37.9 Å². The summed E-state index contributed by atoms with van der Waals surface area (Å²) in [6.45, 7) is 4.59. The van der Waals surface area contributed by atoms with Crippen LogP contribution in [0.4, 0.5) is 0 Å². The van der Waals surface area contributed by atoms with Gasteiger partial charge in [0.15, 0.2) is 11.8 Å². The molecule has 3 aromatic rings. The fourth-order valence-electron chi connectivity index (χ4n) is 3.67. The third-order valence-electron chi connectivity index (χ3n) is 5.12. The van der Waals surface area contributed by atoms with Crippen molar-refractivity contribution in [3.63, 3.8) is 0 Å². The number of methoxy groups -OCH3 is 1. The average Bonchev–Trinajstić information content (AvgIpc) is 3.27. The lowest BCUT2D eigenvalue weighted by Crippen LogP contribution is -2.47. The summed E-state index contributed by atoms with van der Waals surface area (Å²) in [4.78, 5) is 14.0. The highest BCUT2D eigenvalue weighted by Crippen LogP contribution is 2.15. The summed E-state index contributed by atoms with van der Waals surface area (Å²) < 4.78 is 9.22. The van der Waals surface area contributed by atoms with Crippen LogP contribution in [0.3, 0.4) is 0 Å². The smallest absolute Gasteiger partial charge is 0.191 e. The summed E-state index contributed by atoms with van der Waals surface area (Å²) in [5, 5.41) is 11.4. The number of aromatic nitrogens is 5. The van der Waals surface area contributed by atoms with Gasteiger partial charge < -0.3 is 19.9 Å². The van der Waals surface area contributed by atoms with Crippen molar-refractivity contribution < 1.29 is 4.74 Å². The van der Waals surface area contributed by atoms with Gasteiger partial charge in [-0.15, -0.1) is 0 Å². The maximum absolute atomic E-state index is 5.14. The molecule has 4 rings (SSSR count). The highest BCUT2D eigenvalue weighted by atomic mass is 16.5. The van der Waals surface area contributed by atoms with E-state index >= 15 is 0 Å². The van der Waals surface area contributed by atoms with Crippen LogP contribution >= 0.6 is 0 Å². The molecule has 0 saturated heterocycles. The van der Waals surface area contributed by atoms with Crippen LogP contribution in [0.2, 0.25) is 0 Å². The molecule has 0 saturated carbocycles. The minimum atomic E-state index is 0.248. The van der Waals surface area contributed by atoms with Crippen LogP contribution in [-0.4, -0.2) is 50.0 Å². The number of hydrogen-bond acceptors (Lipinski definition) is 5. The van der Waals surface area contributed by atoms with Crippen LogP contribution in [0.1, 0.15) is 30.8 Å². The first-order valence-corrected chi connectivity index (χ1v) is 10.0. The van der Waals surface area contributed by atoms with E-state index in [9.17, 15) is 0 Å². The molecule has 0 bridgehead atoms. The van der Waals surface area contributed by atoms with Gasteiger partial charge in [-0.2, -0.15) is 5.10 Å². The molecule has 1 atom stereocenters. The van der Waals surface area contributed by atoms with Gasteiger partial charge in [0.1, 0.15) is 24.8 Å². The van der Waals surface area contributed by atoms with Crippen LogP contribution in [0.5, 0.6) is 0 Å². The van der Waals surface area contributed by atoms with Crippen molar-refractivity contribution in [3.8, 4) is 0 Å². The van der Waals surface area contributed by atoms with Crippen LogP contribution < -0.4 is 10.6 Å². The molecule has 0 radical (unpaired) electrons.